The number of hydrogen-bond donors (Lipinski definition) is 0. The molecule has 0 amide bonds. The maximum Gasteiger partial charge on any atom is 0.127 e. The highest BCUT2D eigenvalue weighted by Gasteiger charge is 2.39. The number of fused-ring (bicyclic) bond motifs is 1. The Morgan fingerprint density at radius 3 is 2.62 bits per heavy atom. The van der Waals surface area contributed by atoms with E-state index in [2.05, 4.69) is 24.8 Å². The first-order valence-corrected chi connectivity index (χ1v) is 6.18. The van der Waals surface area contributed by atoms with Crippen molar-refractivity contribution in [3.05, 3.63) is 35.1 Å². The highest BCUT2D eigenvalue weighted by atomic mass is 19.1. The Morgan fingerprint density at radius 1 is 1.25 bits per heavy atom. The van der Waals surface area contributed by atoms with Gasteiger partial charge in [-0.2, -0.15) is 0 Å². The summed E-state index contributed by atoms with van der Waals surface area (Å²) in [5, 5.41) is 0. The van der Waals surface area contributed by atoms with Crippen molar-refractivity contribution in [3.63, 3.8) is 0 Å². The summed E-state index contributed by atoms with van der Waals surface area (Å²) in [6, 6.07) is 6.04. The lowest BCUT2D eigenvalue weighted by Crippen LogP contribution is -2.52. The molecule has 2 aliphatic rings. The third-order valence-electron chi connectivity index (χ3n) is 4.17. The summed E-state index contributed by atoms with van der Waals surface area (Å²) in [4.78, 5) is 2.51. The molecule has 1 aliphatic heterocycles. The topological polar surface area (TPSA) is 3.24 Å². The normalized spacial score (nSPS) is 30.2. The van der Waals surface area contributed by atoms with Gasteiger partial charge in [0, 0.05) is 25.0 Å². The minimum atomic E-state index is -0.0129. The molecule has 0 unspecified atom stereocenters. The van der Waals surface area contributed by atoms with Gasteiger partial charge in [0.15, 0.2) is 0 Å². The van der Waals surface area contributed by atoms with E-state index in [9.17, 15) is 4.39 Å². The average molecular weight is 219 g/mol. The predicted octanol–water partition coefficient (Wildman–Crippen LogP) is 2.81. The van der Waals surface area contributed by atoms with Gasteiger partial charge in [0.2, 0.25) is 0 Å². The smallest absolute Gasteiger partial charge is 0.127 e. The minimum Gasteiger partial charge on any atom is -0.299 e. The Labute approximate surface area is 96.3 Å². The SMILES string of the molecule is CC1CN([C@@H]2Cc3cccc(F)c3[C@H]2C)C1. The van der Waals surface area contributed by atoms with Crippen LogP contribution < -0.4 is 0 Å². The van der Waals surface area contributed by atoms with Crippen molar-refractivity contribution in [2.24, 2.45) is 5.92 Å². The van der Waals surface area contributed by atoms with Crippen molar-refractivity contribution in [1.29, 1.82) is 0 Å². The van der Waals surface area contributed by atoms with Gasteiger partial charge in [-0.3, -0.25) is 4.90 Å². The third-order valence-corrected chi connectivity index (χ3v) is 4.17. The molecule has 0 N–H and O–H groups in total. The summed E-state index contributed by atoms with van der Waals surface area (Å²) in [6.45, 7) is 6.82. The van der Waals surface area contributed by atoms with Crippen LogP contribution in [0.4, 0.5) is 4.39 Å². The number of hydrogen-bond acceptors (Lipinski definition) is 1. The van der Waals surface area contributed by atoms with Crippen LogP contribution in [0.5, 0.6) is 0 Å². The standard InChI is InChI=1S/C14H18FN/c1-9-7-16(8-9)13-6-11-4-3-5-12(15)14(11)10(13)2/h3-5,9-10,13H,6-8H2,1-2H3/t10-,13+/m0/s1. The highest BCUT2D eigenvalue weighted by molar-refractivity contribution is 5.38. The molecule has 1 heterocycles. The number of nitrogens with zero attached hydrogens (tertiary/aromatic N) is 1. The summed E-state index contributed by atoms with van der Waals surface area (Å²) in [6.07, 6.45) is 1.03. The zero-order valence-corrected chi connectivity index (χ0v) is 9.91. The zero-order chi connectivity index (χ0) is 11.3. The van der Waals surface area contributed by atoms with E-state index in [1.807, 2.05) is 6.07 Å². The predicted molar refractivity (Wildman–Crippen MR) is 63.0 cm³/mol. The molecule has 2 atom stereocenters. The number of rotatable bonds is 1. The molecule has 0 spiro atoms. The fraction of sp³-hybridized carbons (Fsp3) is 0.571. The van der Waals surface area contributed by atoms with Gasteiger partial charge < -0.3 is 0 Å². The van der Waals surface area contributed by atoms with Gasteiger partial charge >= 0.3 is 0 Å². The van der Waals surface area contributed by atoms with Crippen LogP contribution in [0.1, 0.15) is 30.9 Å². The minimum absolute atomic E-state index is 0.0129. The lowest BCUT2D eigenvalue weighted by atomic mass is 9.93. The van der Waals surface area contributed by atoms with Crippen molar-refractivity contribution in [2.45, 2.75) is 32.2 Å². The van der Waals surface area contributed by atoms with Crippen LogP contribution >= 0.6 is 0 Å². The summed E-state index contributed by atoms with van der Waals surface area (Å²) in [7, 11) is 0. The molecule has 1 nitrogen and oxygen atoms in total. The Bertz CT molecular complexity index is 409. The second-order valence-electron chi connectivity index (χ2n) is 5.43. The molecule has 1 saturated heterocycles. The Hall–Kier alpha value is -0.890. The molecule has 0 aromatic heterocycles. The van der Waals surface area contributed by atoms with Crippen molar-refractivity contribution < 1.29 is 4.39 Å². The van der Waals surface area contributed by atoms with E-state index in [0.29, 0.717) is 12.0 Å². The van der Waals surface area contributed by atoms with Crippen LogP contribution in [0, 0.1) is 11.7 Å². The van der Waals surface area contributed by atoms with Crippen LogP contribution in [0.15, 0.2) is 18.2 Å². The number of halogens is 1. The Morgan fingerprint density at radius 2 is 2.00 bits per heavy atom. The lowest BCUT2D eigenvalue weighted by molar-refractivity contribution is 0.0566. The van der Waals surface area contributed by atoms with E-state index < -0.39 is 0 Å². The van der Waals surface area contributed by atoms with Gasteiger partial charge in [-0.05, 0) is 29.5 Å². The number of likely N-dealkylation sites (tertiary alicyclic amines) is 1. The summed E-state index contributed by atoms with van der Waals surface area (Å²) >= 11 is 0. The van der Waals surface area contributed by atoms with Gasteiger partial charge in [0.1, 0.15) is 5.82 Å². The molecule has 2 heteroatoms. The van der Waals surface area contributed by atoms with E-state index in [0.717, 1.165) is 17.9 Å². The van der Waals surface area contributed by atoms with Crippen molar-refractivity contribution in [3.8, 4) is 0 Å². The average Bonchev–Trinajstić information content (AvgIpc) is 2.53. The summed E-state index contributed by atoms with van der Waals surface area (Å²) in [5.74, 6) is 1.16. The fourth-order valence-corrected chi connectivity index (χ4v) is 3.33. The molecule has 86 valence electrons. The van der Waals surface area contributed by atoms with Crippen LogP contribution in [0.3, 0.4) is 0 Å². The van der Waals surface area contributed by atoms with E-state index in [-0.39, 0.29) is 5.82 Å². The van der Waals surface area contributed by atoms with Crippen molar-refractivity contribution in [1.82, 2.24) is 4.90 Å². The van der Waals surface area contributed by atoms with Crippen LogP contribution in [-0.4, -0.2) is 24.0 Å². The molecule has 0 bridgehead atoms. The summed E-state index contributed by atoms with van der Waals surface area (Å²) < 4.78 is 13.8. The van der Waals surface area contributed by atoms with Crippen molar-refractivity contribution in [2.75, 3.05) is 13.1 Å². The van der Waals surface area contributed by atoms with E-state index in [4.69, 9.17) is 0 Å². The molecule has 1 fully saturated rings. The van der Waals surface area contributed by atoms with Gasteiger partial charge in [-0.1, -0.05) is 26.0 Å². The van der Waals surface area contributed by atoms with Gasteiger partial charge in [0.25, 0.3) is 0 Å². The third kappa shape index (κ3) is 1.40. The molecule has 0 saturated carbocycles. The highest BCUT2D eigenvalue weighted by Crippen LogP contribution is 2.39. The Kier molecular flexibility index (Phi) is 2.28. The second kappa shape index (κ2) is 3.56. The summed E-state index contributed by atoms with van der Waals surface area (Å²) in [5.41, 5.74) is 2.18. The van der Waals surface area contributed by atoms with Crippen LogP contribution in [0.25, 0.3) is 0 Å². The van der Waals surface area contributed by atoms with Crippen molar-refractivity contribution >= 4 is 0 Å². The molecule has 0 radical (unpaired) electrons. The molecule has 3 rings (SSSR count). The lowest BCUT2D eigenvalue weighted by Gasteiger charge is -2.43. The molecule has 16 heavy (non-hydrogen) atoms. The first kappa shape index (κ1) is 10.3. The molecule has 1 aromatic carbocycles. The second-order valence-corrected chi connectivity index (χ2v) is 5.43. The molecular formula is C14H18FN. The van der Waals surface area contributed by atoms with E-state index in [1.54, 1.807) is 6.07 Å². The van der Waals surface area contributed by atoms with Gasteiger partial charge in [-0.15, -0.1) is 0 Å². The fourth-order valence-electron chi connectivity index (χ4n) is 3.33. The number of benzene rings is 1. The molecule has 1 aliphatic carbocycles. The maximum atomic E-state index is 13.8. The first-order chi connectivity index (χ1) is 7.66. The molecular weight excluding hydrogens is 201 g/mol. The zero-order valence-electron chi connectivity index (χ0n) is 9.91. The quantitative estimate of drug-likeness (QED) is 0.702. The largest absolute Gasteiger partial charge is 0.299 e. The first-order valence-electron chi connectivity index (χ1n) is 6.18. The van der Waals surface area contributed by atoms with Crippen LogP contribution in [0.2, 0.25) is 0 Å². The Balaban J connectivity index is 1.86. The maximum absolute atomic E-state index is 13.8. The molecule has 1 aromatic rings. The van der Waals surface area contributed by atoms with E-state index >= 15 is 0 Å². The van der Waals surface area contributed by atoms with Gasteiger partial charge in [-0.25, -0.2) is 4.39 Å². The van der Waals surface area contributed by atoms with Gasteiger partial charge in [0.05, 0.1) is 0 Å². The monoisotopic (exact) mass is 219 g/mol. The van der Waals surface area contributed by atoms with Crippen LogP contribution in [-0.2, 0) is 6.42 Å². The van der Waals surface area contributed by atoms with E-state index in [1.165, 1.54) is 18.7 Å².